The molecule has 0 aromatic heterocycles. The van der Waals surface area contributed by atoms with Crippen molar-refractivity contribution in [3.63, 3.8) is 0 Å². The fourth-order valence-electron chi connectivity index (χ4n) is 4.89. The quantitative estimate of drug-likeness (QED) is 0.492. The Bertz CT molecular complexity index is 664. The van der Waals surface area contributed by atoms with Gasteiger partial charge < -0.3 is 24.8 Å². The molecule has 0 aromatic carbocycles. The van der Waals surface area contributed by atoms with Crippen molar-refractivity contribution in [2.24, 2.45) is 5.41 Å². The second-order valence-corrected chi connectivity index (χ2v) is 16.7. The summed E-state index contributed by atoms with van der Waals surface area (Å²) in [6.07, 6.45) is 10.8. The summed E-state index contributed by atoms with van der Waals surface area (Å²) in [5.41, 5.74) is 5.20. The first kappa shape index (κ1) is 24.7. The summed E-state index contributed by atoms with van der Waals surface area (Å²) in [6.45, 7) is 14.5. The van der Waals surface area contributed by atoms with Gasteiger partial charge in [0.25, 0.3) is 0 Å². The Morgan fingerprint density at radius 1 is 1.08 bits per heavy atom. The van der Waals surface area contributed by atoms with Crippen LogP contribution >= 0.6 is 0 Å². The minimum absolute atomic E-state index is 0. The van der Waals surface area contributed by atoms with Crippen LogP contribution in [0.2, 0.25) is 18.1 Å². The van der Waals surface area contributed by atoms with E-state index in [1.165, 1.54) is 25.7 Å². The predicted octanol–water partition coefficient (Wildman–Crippen LogP) is 1.13. The van der Waals surface area contributed by atoms with E-state index in [2.05, 4.69) is 53.7 Å². The van der Waals surface area contributed by atoms with Crippen molar-refractivity contribution < 1.29 is 48.0 Å². The first-order chi connectivity index (χ1) is 11.3. The molecule has 1 saturated heterocycles. The van der Waals surface area contributed by atoms with Gasteiger partial charge >= 0.3 is 163 Å². The first-order valence-corrected chi connectivity index (χ1v) is 15.0. The second kappa shape index (κ2) is 9.43. The molecule has 0 atom stereocenters. The molecule has 0 amide bonds. The fourth-order valence-corrected chi connectivity index (χ4v) is 15.9. The molecule has 0 unspecified atom stereocenters. The number of hydrogen-bond donors (Lipinski definition) is 0. The van der Waals surface area contributed by atoms with E-state index in [-0.39, 0.29) is 24.8 Å². The van der Waals surface area contributed by atoms with E-state index in [0.29, 0.717) is 5.41 Å². The Kier molecular flexibility index (Phi) is 8.95. The molecule has 0 radical (unpaired) electrons. The summed E-state index contributed by atoms with van der Waals surface area (Å²) in [5.74, 6) is 0. The van der Waals surface area contributed by atoms with Gasteiger partial charge in [0.15, 0.2) is 0 Å². The Morgan fingerprint density at radius 3 is 2.19 bits per heavy atom. The normalized spacial score (nSPS) is 22.8. The standard InChI is InChI=1S/C12H19Si.C10H15.2ClH.Zr/c1-2-3-9-13(10-6-11-13)12-7-4-5-8-12;1-7-6-10(4,5)9(3)8(7)2;;;/h4,7H,2-3,5-6,9-11H2,1H3;1-5H3;2*1H;/q;;;;+2/p-2. The van der Waals surface area contributed by atoms with E-state index in [4.69, 9.17) is 0 Å². The van der Waals surface area contributed by atoms with Crippen LogP contribution in [0.25, 0.3) is 0 Å². The van der Waals surface area contributed by atoms with Gasteiger partial charge in [-0.2, -0.15) is 0 Å². The summed E-state index contributed by atoms with van der Waals surface area (Å²) in [5, 5.41) is 1.95. The van der Waals surface area contributed by atoms with Crippen LogP contribution in [0.15, 0.2) is 40.6 Å². The Morgan fingerprint density at radius 2 is 1.73 bits per heavy atom. The number of unbranched alkanes of at least 4 members (excludes halogenated alkanes) is 1. The monoisotopic (exact) mass is 486 g/mol. The summed E-state index contributed by atoms with van der Waals surface area (Å²) in [6, 6.07) is 4.75. The Labute approximate surface area is 186 Å². The van der Waals surface area contributed by atoms with E-state index in [0.717, 1.165) is 0 Å². The van der Waals surface area contributed by atoms with Crippen molar-refractivity contribution in [2.75, 3.05) is 0 Å². The molecule has 3 aliphatic rings. The molecule has 0 spiro atoms. The van der Waals surface area contributed by atoms with E-state index in [1.54, 1.807) is 34.9 Å². The minimum atomic E-state index is -1.07. The smallest absolute Gasteiger partial charge is 1.00 e. The zero-order valence-electron chi connectivity index (χ0n) is 17.4. The van der Waals surface area contributed by atoms with Crippen LogP contribution in [0, 0.1) is 5.41 Å². The van der Waals surface area contributed by atoms with E-state index < -0.39 is 31.3 Å². The van der Waals surface area contributed by atoms with Crippen molar-refractivity contribution in [1.82, 2.24) is 0 Å². The van der Waals surface area contributed by atoms with Crippen LogP contribution in [0.3, 0.4) is 0 Å². The van der Waals surface area contributed by atoms with Crippen LogP contribution < -0.4 is 24.8 Å². The van der Waals surface area contributed by atoms with Crippen LogP contribution in [0.1, 0.15) is 67.2 Å². The fraction of sp³-hybridized carbons (Fsp3) is 0.636. The van der Waals surface area contributed by atoms with Crippen molar-refractivity contribution in [3.8, 4) is 0 Å². The zero-order chi connectivity index (χ0) is 17.5. The maximum atomic E-state index is 2.60. The first-order valence-electron chi connectivity index (χ1n) is 9.90. The summed E-state index contributed by atoms with van der Waals surface area (Å²) >= 11 is -0.628. The van der Waals surface area contributed by atoms with Gasteiger partial charge in [0.2, 0.25) is 0 Å². The largest absolute Gasteiger partial charge is 1.00 e. The van der Waals surface area contributed by atoms with Gasteiger partial charge in [0.05, 0.1) is 0 Å². The summed E-state index contributed by atoms with van der Waals surface area (Å²) < 4.78 is 3.84. The third-order valence-corrected chi connectivity index (χ3v) is 18.3. The molecule has 2 aliphatic carbocycles. The van der Waals surface area contributed by atoms with E-state index in [1.807, 2.05) is 11.8 Å². The topological polar surface area (TPSA) is 0 Å². The summed E-state index contributed by atoms with van der Waals surface area (Å²) in [4.78, 5) is 0. The van der Waals surface area contributed by atoms with Crippen LogP contribution in [0.4, 0.5) is 0 Å². The number of hydrogen-bond acceptors (Lipinski definition) is 0. The average molecular weight is 489 g/mol. The van der Waals surface area contributed by atoms with Gasteiger partial charge in [-0.1, -0.05) is 0 Å². The Hall–Kier alpha value is 0.640. The third-order valence-electron chi connectivity index (χ3n) is 7.16. The molecule has 1 fully saturated rings. The molecule has 26 heavy (non-hydrogen) atoms. The van der Waals surface area contributed by atoms with Gasteiger partial charge in [-0.25, -0.2) is 0 Å². The molecule has 0 N–H and O–H groups in total. The van der Waals surface area contributed by atoms with Crippen molar-refractivity contribution in [3.05, 3.63) is 40.6 Å². The van der Waals surface area contributed by atoms with Gasteiger partial charge in [0, 0.05) is 0 Å². The van der Waals surface area contributed by atoms with Gasteiger partial charge in [0.1, 0.15) is 0 Å². The zero-order valence-corrected chi connectivity index (χ0v) is 22.3. The van der Waals surface area contributed by atoms with Gasteiger partial charge in [-0.05, 0) is 0 Å². The van der Waals surface area contributed by atoms with E-state index >= 15 is 0 Å². The van der Waals surface area contributed by atoms with Gasteiger partial charge in [-0.15, -0.1) is 0 Å². The summed E-state index contributed by atoms with van der Waals surface area (Å²) in [7, 11) is -1.07. The molecule has 1 heterocycles. The molecule has 4 heteroatoms. The maximum Gasteiger partial charge on any atom is -1.00 e. The third kappa shape index (κ3) is 4.14. The molecular formula is C22H34Cl2SiZr. The predicted molar refractivity (Wildman–Crippen MR) is 105 cm³/mol. The van der Waals surface area contributed by atoms with Crippen molar-refractivity contribution in [1.29, 1.82) is 0 Å². The minimum Gasteiger partial charge on any atom is -1.00 e. The Balaban J connectivity index is 0.00000169. The van der Waals surface area contributed by atoms with Crippen molar-refractivity contribution >= 4 is 8.07 Å². The van der Waals surface area contributed by atoms with E-state index in [9.17, 15) is 0 Å². The average Bonchev–Trinajstić information content (AvgIpc) is 3.02. The van der Waals surface area contributed by atoms with Gasteiger partial charge in [-0.3, -0.25) is 0 Å². The number of rotatable bonds is 6. The van der Waals surface area contributed by atoms with Crippen LogP contribution in [-0.2, 0) is 23.2 Å². The molecule has 144 valence electrons. The molecule has 0 aromatic rings. The SMILES string of the molecule is CCCC[Si]1(C2=[C]([Zr+2][C]3=C(C)C(C)=C(C)C3(C)C)CC=C2)CCC1.[Cl-].[Cl-]. The maximum absolute atomic E-state index is 2.60. The molecule has 0 saturated carbocycles. The molecule has 3 rings (SSSR count). The molecule has 0 nitrogen and oxygen atoms in total. The van der Waals surface area contributed by atoms with Crippen LogP contribution in [0.5, 0.6) is 0 Å². The number of allylic oxidation sites excluding steroid dienone is 8. The second-order valence-electron chi connectivity index (χ2n) is 8.74. The number of halogens is 2. The molecule has 1 aliphatic heterocycles. The molecule has 0 bridgehead atoms. The van der Waals surface area contributed by atoms with Crippen molar-refractivity contribution in [2.45, 2.75) is 85.4 Å². The van der Waals surface area contributed by atoms with Crippen LogP contribution in [-0.4, -0.2) is 8.07 Å². The molecular weight excluding hydrogens is 454 g/mol.